The van der Waals surface area contributed by atoms with E-state index in [2.05, 4.69) is 15.1 Å². The van der Waals surface area contributed by atoms with E-state index in [-0.39, 0.29) is 16.8 Å². The second kappa shape index (κ2) is 8.44. The van der Waals surface area contributed by atoms with Crippen molar-refractivity contribution in [2.75, 3.05) is 4.90 Å². The van der Waals surface area contributed by atoms with Gasteiger partial charge in [0.15, 0.2) is 0 Å². The second-order valence-electron chi connectivity index (χ2n) is 6.26. The molecule has 0 bridgehead atoms. The van der Waals surface area contributed by atoms with Gasteiger partial charge in [-0.1, -0.05) is 52.1 Å². The van der Waals surface area contributed by atoms with E-state index in [9.17, 15) is 4.79 Å². The predicted octanol–water partition coefficient (Wildman–Crippen LogP) is 6.44. The molecule has 0 aliphatic carbocycles. The van der Waals surface area contributed by atoms with Gasteiger partial charge in [0.25, 0.3) is 0 Å². The van der Waals surface area contributed by atoms with Gasteiger partial charge >= 0.3 is 0 Å². The lowest BCUT2D eigenvalue weighted by Gasteiger charge is -2.20. The third-order valence-electron chi connectivity index (χ3n) is 4.30. The molecular formula is C21H13Cl3N4O2. The Bertz CT molecular complexity index is 1210. The maximum atomic E-state index is 12.7. The highest BCUT2D eigenvalue weighted by molar-refractivity contribution is 6.37. The molecule has 0 spiro atoms. The number of hydrogen-bond acceptors (Lipinski definition) is 5. The SMILES string of the molecule is CC(=O)N(c1ccc(Cl)cc1Cl)c1onc(-c2ccc(Cl)cc2)c1-c1ccncn1. The smallest absolute Gasteiger partial charge is 0.248 e. The number of halogens is 3. The van der Waals surface area contributed by atoms with Crippen molar-refractivity contribution in [1.82, 2.24) is 15.1 Å². The molecule has 0 N–H and O–H groups in total. The fraction of sp³-hybridized carbons (Fsp3) is 0.0476. The molecule has 30 heavy (non-hydrogen) atoms. The van der Waals surface area contributed by atoms with Crippen molar-refractivity contribution in [3.63, 3.8) is 0 Å². The summed E-state index contributed by atoms with van der Waals surface area (Å²) >= 11 is 18.4. The van der Waals surface area contributed by atoms with Crippen LogP contribution >= 0.6 is 34.8 Å². The highest BCUT2D eigenvalue weighted by atomic mass is 35.5. The van der Waals surface area contributed by atoms with Crippen LogP contribution in [0.3, 0.4) is 0 Å². The van der Waals surface area contributed by atoms with Gasteiger partial charge in [0.1, 0.15) is 12.0 Å². The molecule has 0 unspecified atom stereocenters. The van der Waals surface area contributed by atoms with Crippen LogP contribution in [-0.4, -0.2) is 21.0 Å². The van der Waals surface area contributed by atoms with Crippen molar-refractivity contribution in [3.05, 3.63) is 76.1 Å². The molecule has 6 nitrogen and oxygen atoms in total. The summed E-state index contributed by atoms with van der Waals surface area (Å²) < 4.78 is 5.67. The van der Waals surface area contributed by atoms with E-state index in [1.54, 1.807) is 42.6 Å². The first kappa shape index (κ1) is 20.3. The lowest BCUT2D eigenvalue weighted by molar-refractivity contribution is -0.116. The first-order valence-corrected chi connectivity index (χ1v) is 9.87. The van der Waals surface area contributed by atoms with Crippen LogP contribution in [-0.2, 0) is 4.79 Å². The van der Waals surface area contributed by atoms with Crippen LogP contribution in [0.4, 0.5) is 11.6 Å². The van der Waals surface area contributed by atoms with Crippen LogP contribution in [0.25, 0.3) is 22.5 Å². The van der Waals surface area contributed by atoms with Gasteiger partial charge in [-0.15, -0.1) is 0 Å². The van der Waals surface area contributed by atoms with Crippen LogP contribution in [0.2, 0.25) is 15.1 Å². The van der Waals surface area contributed by atoms with Crippen molar-refractivity contribution < 1.29 is 9.32 Å². The van der Waals surface area contributed by atoms with Gasteiger partial charge in [0.2, 0.25) is 11.8 Å². The lowest BCUT2D eigenvalue weighted by Crippen LogP contribution is -2.23. The molecule has 9 heteroatoms. The molecule has 0 aliphatic rings. The molecule has 4 aromatic rings. The molecular weight excluding hydrogens is 447 g/mol. The Labute approximate surface area is 187 Å². The van der Waals surface area contributed by atoms with Gasteiger partial charge in [0.05, 0.1) is 22.0 Å². The maximum Gasteiger partial charge on any atom is 0.248 e. The van der Waals surface area contributed by atoms with Crippen molar-refractivity contribution in [3.8, 4) is 22.5 Å². The molecule has 2 heterocycles. The minimum absolute atomic E-state index is 0.176. The molecule has 2 aromatic carbocycles. The number of hydrogen-bond donors (Lipinski definition) is 0. The molecule has 2 aromatic heterocycles. The summed E-state index contributed by atoms with van der Waals surface area (Å²) in [4.78, 5) is 22.3. The van der Waals surface area contributed by atoms with E-state index < -0.39 is 0 Å². The van der Waals surface area contributed by atoms with Crippen LogP contribution in [0.5, 0.6) is 0 Å². The first-order chi connectivity index (χ1) is 14.5. The minimum atomic E-state index is -0.326. The summed E-state index contributed by atoms with van der Waals surface area (Å²) in [7, 11) is 0. The van der Waals surface area contributed by atoms with Gasteiger partial charge < -0.3 is 4.52 Å². The zero-order valence-corrected chi connectivity index (χ0v) is 17.8. The number of aromatic nitrogens is 3. The van der Waals surface area contributed by atoms with Crippen molar-refractivity contribution in [2.45, 2.75) is 6.92 Å². The molecule has 0 atom stereocenters. The van der Waals surface area contributed by atoms with Crippen molar-refractivity contribution >= 4 is 52.3 Å². The fourth-order valence-electron chi connectivity index (χ4n) is 2.99. The van der Waals surface area contributed by atoms with E-state index in [1.807, 2.05) is 12.1 Å². The van der Waals surface area contributed by atoms with Gasteiger partial charge in [-0.3, -0.25) is 4.79 Å². The zero-order chi connectivity index (χ0) is 21.3. The Morgan fingerprint density at radius 2 is 1.73 bits per heavy atom. The Balaban J connectivity index is 1.96. The quantitative estimate of drug-likeness (QED) is 0.351. The second-order valence-corrected chi connectivity index (χ2v) is 7.54. The lowest BCUT2D eigenvalue weighted by atomic mass is 10.0. The first-order valence-electron chi connectivity index (χ1n) is 8.73. The minimum Gasteiger partial charge on any atom is -0.336 e. The van der Waals surface area contributed by atoms with E-state index in [4.69, 9.17) is 39.3 Å². The van der Waals surface area contributed by atoms with Crippen molar-refractivity contribution in [2.24, 2.45) is 0 Å². The number of carbonyl (C=O) groups is 1. The molecule has 0 radical (unpaired) electrons. The predicted molar refractivity (Wildman–Crippen MR) is 117 cm³/mol. The summed E-state index contributed by atoms with van der Waals surface area (Å²) in [6, 6.07) is 13.6. The third kappa shape index (κ3) is 3.89. The highest BCUT2D eigenvalue weighted by Crippen LogP contribution is 2.43. The molecule has 0 aliphatic heterocycles. The molecule has 150 valence electrons. The molecule has 4 rings (SSSR count). The zero-order valence-electron chi connectivity index (χ0n) is 15.5. The van der Waals surface area contributed by atoms with Crippen molar-refractivity contribution in [1.29, 1.82) is 0 Å². The Morgan fingerprint density at radius 3 is 2.37 bits per heavy atom. The number of carbonyl (C=O) groups excluding carboxylic acids is 1. The van der Waals surface area contributed by atoms with Gasteiger partial charge in [-0.2, -0.15) is 0 Å². The molecule has 0 saturated heterocycles. The number of benzene rings is 2. The summed E-state index contributed by atoms with van der Waals surface area (Å²) in [6.07, 6.45) is 3.00. The molecule has 0 saturated carbocycles. The number of nitrogens with zero attached hydrogens (tertiary/aromatic N) is 4. The largest absolute Gasteiger partial charge is 0.336 e. The normalized spacial score (nSPS) is 10.8. The standard InChI is InChI=1S/C21H13Cl3N4O2/c1-12(29)28(18-7-6-15(23)10-16(18)24)21-19(17-8-9-25-11-26-17)20(27-30-21)13-2-4-14(22)5-3-13/h2-11H,1H3. The van der Waals surface area contributed by atoms with Crippen LogP contribution in [0.15, 0.2) is 65.6 Å². The number of amides is 1. The Hall–Kier alpha value is -2.93. The number of rotatable bonds is 4. The summed E-state index contributed by atoms with van der Waals surface area (Å²) in [5.74, 6) is -0.149. The maximum absolute atomic E-state index is 12.7. The Kier molecular flexibility index (Phi) is 5.72. The monoisotopic (exact) mass is 458 g/mol. The summed E-state index contributed by atoms with van der Waals surface area (Å²) in [5.41, 5.74) is 2.69. The average Bonchev–Trinajstić information content (AvgIpc) is 3.15. The summed E-state index contributed by atoms with van der Waals surface area (Å²) in [5, 5.41) is 5.55. The van der Waals surface area contributed by atoms with E-state index in [0.29, 0.717) is 32.7 Å². The van der Waals surface area contributed by atoms with E-state index >= 15 is 0 Å². The molecule has 0 fully saturated rings. The van der Waals surface area contributed by atoms with Gasteiger partial charge in [0, 0.05) is 28.7 Å². The van der Waals surface area contributed by atoms with E-state index in [0.717, 1.165) is 5.56 Å². The summed E-state index contributed by atoms with van der Waals surface area (Å²) in [6.45, 7) is 1.40. The topological polar surface area (TPSA) is 72.1 Å². The third-order valence-corrected chi connectivity index (χ3v) is 5.09. The van der Waals surface area contributed by atoms with Crippen LogP contribution < -0.4 is 4.90 Å². The number of anilines is 2. The highest BCUT2D eigenvalue weighted by Gasteiger charge is 2.29. The van der Waals surface area contributed by atoms with Gasteiger partial charge in [-0.25, -0.2) is 14.9 Å². The fourth-order valence-corrected chi connectivity index (χ4v) is 3.61. The van der Waals surface area contributed by atoms with Crippen LogP contribution in [0, 0.1) is 0 Å². The average molecular weight is 460 g/mol. The molecule has 1 amide bonds. The van der Waals surface area contributed by atoms with Gasteiger partial charge in [-0.05, 0) is 36.4 Å². The van der Waals surface area contributed by atoms with E-state index in [1.165, 1.54) is 18.2 Å². The van der Waals surface area contributed by atoms with Crippen LogP contribution in [0.1, 0.15) is 6.92 Å². The Morgan fingerprint density at radius 1 is 1.00 bits per heavy atom.